The standard InChI is InChI=1S/C24H24N4O3/c1-16-9-12-18(13-10-16)28-21(27(2)20-8-6-5-7-19(20)23(28)29)14-11-17-15-25-24(31-4)26-22(17)30-3/h5-15,21H,1-4H3/b14-11+. The number of fused-ring (bicyclic) bond motifs is 1. The second-order valence-corrected chi connectivity index (χ2v) is 7.23. The van der Waals surface area contributed by atoms with Gasteiger partial charge < -0.3 is 14.4 Å². The first-order chi connectivity index (χ1) is 15.0. The van der Waals surface area contributed by atoms with E-state index in [4.69, 9.17) is 9.47 Å². The zero-order valence-corrected chi connectivity index (χ0v) is 17.9. The molecule has 31 heavy (non-hydrogen) atoms. The van der Waals surface area contributed by atoms with Crippen molar-refractivity contribution in [3.63, 3.8) is 0 Å². The van der Waals surface area contributed by atoms with Crippen LogP contribution in [0.2, 0.25) is 0 Å². The maximum absolute atomic E-state index is 13.5. The molecule has 1 atom stereocenters. The molecule has 1 aliphatic rings. The van der Waals surface area contributed by atoms with Crippen molar-refractivity contribution >= 4 is 23.4 Å². The van der Waals surface area contributed by atoms with Gasteiger partial charge in [0, 0.05) is 18.9 Å². The van der Waals surface area contributed by atoms with Gasteiger partial charge in [-0.25, -0.2) is 4.98 Å². The monoisotopic (exact) mass is 416 g/mol. The number of carbonyl (C=O) groups excluding carboxylic acids is 1. The molecule has 0 aliphatic carbocycles. The van der Waals surface area contributed by atoms with Crippen LogP contribution in [0.15, 0.2) is 60.8 Å². The van der Waals surface area contributed by atoms with Crippen LogP contribution < -0.4 is 19.3 Å². The minimum atomic E-state index is -0.350. The van der Waals surface area contributed by atoms with E-state index in [9.17, 15) is 4.79 Å². The highest BCUT2D eigenvalue weighted by Gasteiger charge is 2.35. The normalized spacial score (nSPS) is 15.9. The number of anilines is 2. The van der Waals surface area contributed by atoms with Crippen LogP contribution in [0.25, 0.3) is 6.08 Å². The Morgan fingerprint density at radius 1 is 1.03 bits per heavy atom. The highest BCUT2D eigenvalue weighted by molar-refractivity contribution is 6.12. The lowest BCUT2D eigenvalue weighted by molar-refractivity contribution is 0.0975. The number of hydrogen-bond acceptors (Lipinski definition) is 6. The molecule has 1 unspecified atom stereocenters. The summed E-state index contributed by atoms with van der Waals surface area (Å²) in [5.41, 5.74) is 4.19. The van der Waals surface area contributed by atoms with Gasteiger partial charge in [0.15, 0.2) is 0 Å². The maximum atomic E-state index is 13.5. The number of carbonyl (C=O) groups is 1. The first kappa shape index (κ1) is 20.4. The molecular formula is C24H24N4O3. The molecule has 3 aromatic rings. The Morgan fingerprint density at radius 2 is 1.77 bits per heavy atom. The fourth-order valence-electron chi connectivity index (χ4n) is 3.64. The van der Waals surface area contributed by atoms with Crippen LogP contribution in [0.1, 0.15) is 21.5 Å². The lowest BCUT2D eigenvalue weighted by Gasteiger charge is -2.42. The number of aromatic nitrogens is 2. The third-order valence-electron chi connectivity index (χ3n) is 5.29. The van der Waals surface area contributed by atoms with Crippen LogP contribution in [0, 0.1) is 6.92 Å². The number of para-hydroxylation sites is 1. The van der Waals surface area contributed by atoms with Crippen molar-refractivity contribution in [2.75, 3.05) is 31.1 Å². The predicted molar refractivity (Wildman–Crippen MR) is 121 cm³/mol. The van der Waals surface area contributed by atoms with Gasteiger partial charge in [0.05, 0.1) is 31.0 Å². The van der Waals surface area contributed by atoms with Gasteiger partial charge in [-0.1, -0.05) is 29.8 Å². The number of ether oxygens (including phenoxy) is 2. The number of hydrogen-bond donors (Lipinski definition) is 0. The smallest absolute Gasteiger partial charge is 0.319 e. The lowest BCUT2D eigenvalue weighted by Crippen LogP contribution is -2.53. The van der Waals surface area contributed by atoms with E-state index >= 15 is 0 Å². The lowest BCUT2D eigenvalue weighted by atomic mass is 10.0. The van der Waals surface area contributed by atoms with E-state index in [1.54, 1.807) is 18.2 Å². The SMILES string of the molecule is COc1ncc(/C=C/C2N(C)c3ccccc3C(=O)N2c2ccc(C)cc2)c(OC)n1. The second kappa shape index (κ2) is 8.47. The zero-order chi connectivity index (χ0) is 22.0. The molecule has 1 aromatic heterocycles. The molecule has 158 valence electrons. The van der Waals surface area contributed by atoms with Gasteiger partial charge in [0.25, 0.3) is 5.91 Å². The molecule has 0 fully saturated rings. The molecule has 4 rings (SSSR count). The van der Waals surface area contributed by atoms with Crippen LogP contribution in [-0.2, 0) is 0 Å². The van der Waals surface area contributed by atoms with Crippen LogP contribution in [-0.4, -0.2) is 43.3 Å². The molecule has 0 spiro atoms. The van der Waals surface area contributed by atoms with E-state index in [0.29, 0.717) is 17.0 Å². The summed E-state index contributed by atoms with van der Waals surface area (Å²) >= 11 is 0. The Morgan fingerprint density at radius 3 is 2.48 bits per heavy atom. The Labute approximate surface area is 181 Å². The zero-order valence-electron chi connectivity index (χ0n) is 17.9. The quantitative estimate of drug-likeness (QED) is 0.628. The van der Waals surface area contributed by atoms with Gasteiger partial charge in [-0.3, -0.25) is 9.69 Å². The van der Waals surface area contributed by atoms with Gasteiger partial charge in [-0.15, -0.1) is 0 Å². The fourth-order valence-corrected chi connectivity index (χ4v) is 3.64. The van der Waals surface area contributed by atoms with E-state index in [-0.39, 0.29) is 18.1 Å². The molecular weight excluding hydrogens is 392 g/mol. The first-order valence-electron chi connectivity index (χ1n) is 9.89. The molecule has 0 saturated carbocycles. The van der Waals surface area contributed by atoms with E-state index in [2.05, 4.69) is 14.9 Å². The third-order valence-corrected chi connectivity index (χ3v) is 5.29. The summed E-state index contributed by atoms with van der Waals surface area (Å²) in [5.74, 6) is 0.348. The summed E-state index contributed by atoms with van der Waals surface area (Å²) in [6.45, 7) is 2.02. The van der Waals surface area contributed by atoms with E-state index in [0.717, 1.165) is 16.9 Å². The topological polar surface area (TPSA) is 67.8 Å². The molecule has 0 radical (unpaired) electrons. The first-order valence-corrected chi connectivity index (χ1v) is 9.89. The molecule has 7 nitrogen and oxygen atoms in total. The Kier molecular flexibility index (Phi) is 5.58. The molecule has 2 heterocycles. The molecule has 1 amide bonds. The van der Waals surface area contributed by atoms with Crippen molar-refractivity contribution in [2.24, 2.45) is 0 Å². The predicted octanol–water partition coefficient (Wildman–Crippen LogP) is 3.94. The number of aryl methyl sites for hydroxylation is 1. The van der Waals surface area contributed by atoms with Gasteiger partial charge >= 0.3 is 6.01 Å². The Balaban J connectivity index is 1.78. The van der Waals surface area contributed by atoms with Crippen LogP contribution in [0.3, 0.4) is 0 Å². The molecule has 2 aromatic carbocycles. The fraction of sp³-hybridized carbons (Fsp3) is 0.208. The highest BCUT2D eigenvalue weighted by Crippen LogP contribution is 2.34. The highest BCUT2D eigenvalue weighted by atomic mass is 16.5. The van der Waals surface area contributed by atoms with Crippen molar-refractivity contribution in [1.82, 2.24) is 9.97 Å². The van der Waals surface area contributed by atoms with Gasteiger partial charge in [-0.05, 0) is 43.3 Å². The number of likely N-dealkylation sites (N-methyl/N-ethyl adjacent to an activating group) is 1. The molecule has 0 bridgehead atoms. The van der Waals surface area contributed by atoms with E-state index in [1.165, 1.54) is 7.11 Å². The minimum Gasteiger partial charge on any atom is -0.480 e. The van der Waals surface area contributed by atoms with Crippen LogP contribution in [0.5, 0.6) is 11.9 Å². The summed E-state index contributed by atoms with van der Waals surface area (Å²) in [6.07, 6.45) is 5.09. The number of methoxy groups -OCH3 is 2. The number of nitrogens with zero attached hydrogens (tertiary/aromatic N) is 4. The second-order valence-electron chi connectivity index (χ2n) is 7.23. The maximum Gasteiger partial charge on any atom is 0.319 e. The van der Waals surface area contributed by atoms with Crippen LogP contribution >= 0.6 is 0 Å². The number of benzene rings is 2. The number of amides is 1. The Bertz CT molecular complexity index is 1130. The van der Waals surface area contributed by atoms with Crippen molar-refractivity contribution < 1.29 is 14.3 Å². The average molecular weight is 416 g/mol. The summed E-state index contributed by atoms with van der Waals surface area (Å²) in [6, 6.07) is 15.8. The Hall–Kier alpha value is -3.87. The van der Waals surface area contributed by atoms with E-state index in [1.807, 2.05) is 74.7 Å². The largest absolute Gasteiger partial charge is 0.480 e. The van der Waals surface area contributed by atoms with Crippen LogP contribution in [0.4, 0.5) is 11.4 Å². The molecule has 1 aliphatic heterocycles. The summed E-state index contributed by atoms with van der Waals surface area (Å²) in [5, 5.41) is 0. The van der Waals surface area contributed by atoms with Gasteiger partial charge in [0.2, 0.25) is 5.88 Å². The average Bonchev–Trinajstić information content (AvgIpc) is 2.81. The van der Waals surface area contributed by atoms with E-state index < -0.39 is 0 Å². The van der Waals surface area contributed by atoms with Crippen molar-refractivity contribution in [3.05, 3.63) is 77.5 Å². The molecule has 0 saturated heterocycles. The van der Waals surface area contributed by atoms with Crippen molar-refractivity contribution in [2.45, 2.75) is 13.1 Å². The third kappa shape index (κ3) is 3.82. The number of rotatable bonds is 5. The van der Waals surface area contributed by atoms with Gasteiger partial charge in [0.1, 0.15) is 6.17 Å². The molecule has 7 heteroatoms. The van der Waals surface area contributed by atoms with Crippen molar-refractivity contribution in [3.8, 4) is 11.9 Å². The summed E-state index contributed by atoms with van der Waals surface area (Å²) in [7, 11) is 5.03. The van der Waals surface area contributed by atoms with Crippen molar-refractivity contribution in [1.29, 1.82) is 0 Å². The van der Waals surface area contributed by atoms with Gasteiger partial charge in [-0.2, -0.15) is 4.98 Å². The summed E-state index contributed by atoms with van der Waals surface area (Å²) in [4.78, 5) is 25.7. The molecule has 0 N–H and O–H groups in total. The minimum absolute atomic E-state index is 0.0508. The summed E-state index contributed by atoms with van der Waals surface area (Å²) < 4.78 is 10.5.